The van der Waals surface area contributed by atoms with Crippen LogP contribution in [0.25, 0.3) is 10.9 Å². The summed E-state index contributed by atoms with van der Waals surface area (Å²) >= 11 is 0. The molecule has 1 heterocycles. The van der Waals surface area contributed by atoms with Crippen molar-refractivity contribution in [2.45, 2.75) is 31.6 Å². The molecule has 1 aliphatic carbocycles. The van der Waals surface area contributed by atoms with Crippen LogP contribution in [0.2, 0.25) is 0 Å². The average Bonchev–Trinajstić information content (AvgIpc) is 2.77. The van der Waals surface area contributed by atoms with Crippen LogP contribution < -0.4 is 4.74 Å². The molecule has 0 spiro atoms. The summed E-state index contributed by atoms with van der Waals surface area (Å²) in [6, 6.07) is 15.9. The number of pyridine rings is 1. The highest BCUT2D eigenvalue weighted by atomic mass is 32.2. The maximum atomic E-state index is 13.1. The number of aromatic nitrogens is 1. The standard InChI is InChI=1S/C24H28N2O3S/c1-26(16-14-18-7-4-12-23-21(18)11-6-15-25-23)30(27,28)17-19-8-3-10-22-20(19)9-5-13-24(22)29-2/h4-7,9,11-13,15,19H,3,8,10,14,16-17H2,1-2H3. The van der Waals surface area contributed by atoms with Gasteiger partial charge in [-0.3, -0.25) is 4.98 Å². The molecule has 3 aromatic rings. The van der Waals surface area contributed by atoms with Crippen molar-refractivity contribution >= 4 is 20.9 Å². The predicted molar refractivity (Wildman–Crippen MR) is 121 cm³/mol. The summed E-state index contributed by atoms with van der Waals surface area (Å²) in [6.45, 7) is 0.452. The lowest BCUT2D eigenvalue weighted by Crippen LogP contribution is -2.34. The van der Waals surface area contributed by atoms with Crippen molar-refractivity contribution < 1.29 is 13.2 Å². The Morgan fingerprint density at radius 2 is 1.97 bits per heavy atom. The van der Waals surface area contributed by atoms with E-state index in [0.29, 0.717) is 13.0 Å². The number of benzene rings is 2. The van der Waals surface area contributed by atoms with Crippen LogP contribution in [-0.2, 0) is 22.9 Å². The molecule has 4 rings (SSSR count). The molecule has 0 bridgehead atoms. The second-order valence-corrected chi connectivity index (χ2v) is 10.1. The molecule has 0 saturated heterocycles. The minimum atomic E-state index is -3.37. The second kappa shape index (κ2) is 8.74. The van der Waals surface area contributed by atoms with Crippen molar-refractivity contribution in [2.24, 2.45) is 0 Å². The van der Waals surface area contributed by atoms with Crippen LogP contribution in [0.1, 0.15) is 35.4 Å². The summed E-state index contributed by atoms with van der Waals surface area (Å²) in [4.78, 5) is 4.39. The highest BCUT2D eigenvalue weighted by Crippen LogP contribution is 2.37. The Kier molecular flexibility index (Phi) is 6.06. The Bertz CT molecular complexity index is 1140. The van der Waals surface area contributed by atoms with Crippen LogP contribution in [0.4, 0.5) is 0 Å². The van der Waals surface area contributed by atoms with E-state index in [2.05, 4.69) is 11.1 Å². The van der Waals surface area contributed by atoms with E-state index in [1.54, 1.807) is 20.4 Å². The summed E-state index contributed by atoms with van der Waals surface area (Å²) in [5.74, 6) is 1.02. The van der Waals surface area contributed by atoms with Gasteiger partial charge in [0.05, 0.1) is 18.4 Å². The van der Waals surface area contributed by atoms with E-state index in [1.807, 2.05) is 42.5 Å². The molecule has 30 heavy (non-hydrogen) atoms. The van der Waals surface area contributed by atoms with E-state index >= 15 is 0 Å². The maximum Gasteiger partial charge on any atom is 0.214 e. The Morgan fingerprint density at radius 3 is 2.80 bits per heavy atom. The molecule has 0 aliphatic heterocycles. The third kappa shape index (κ3) is 4.20. The molecule has 0 N–H and O–H groups in total. The molecule has 1 aromatic heterocycles. The molecule has 158 valence electrons. The third-order valence-electron chi connectivity index (χ3n) is 6.13. The summed E-state index contributed by atoms with van der Waals surface area (Å²) < 4.78 is 33.3. The van der Waals surface area contributed by atoms with Gasteiger partial charge >= 0.3 is 0 Å². The van der Waals surface area contributed by atoms with Gasteiger partial charge in [0.15, 0.2) is 0 Å². The van der Waals surface area contributed by atoms with Gasteiger partial charge in [0.2, 0.25) is 10.0 Å². The molecule has 6 heteroatoms. The Balaban J connectivity index is 1.48. The Hall–Kier alpha value is -2.44. The number of methoxy groups -OCH3 is 1. The zero-order valence-corrected chi connectivity index (χ0v) is 18.4. The molecule has 1 aliphatic rings. The number of sulfonamides is 1. The van der Waals surface area contributed by atoms with Crippen LogP contribution in [0.3, 0.4) is 0 Å². The van der Waals surface area contributed by atoms with Crippen LogP contribution in [-0.4, -0.2) is 44.2 Å². The second-order valence-electron chi connectivity index (χ2n) is 7.95. The molecular formula is C24H28N2O3S. The number of likely N-dealkylation sites (N-methyl/N-ethyl adjacent to an activating group) is 1. The van der Waals surface area contributed by atoms with Gasteiger partial charge in [-0.15, -0.1) is 0 Å². The largest absolute Gasteiger partial charge is 0.496 e. The van der Waals surface area contributed by atoms with E-state index in [1.165, 1.54) is 4.31 Å². The minimum Gasteiger partial charge on any atom is -0.496 e. The van der Waals surface area contributed by atoms with Crippen LogP contribution in [0, 0.1) is 0 Å². The fraction of sp³-hybridized carbons (Fsp3) is 0.375. The summed E-state index contributed by atoms with van der Waals surface area (Å²) in [5, 5.41) is 1.08. The van der Waals surface area contributed by atoms with Gasteiger partial charge in [-0.2, -0.15) is 0 Å². The van der Waals surface area contributed by atoms with Gasteiger partial charge < -0.3 is 4.74 Å². The smallest absolute Gasteiger partial charge is 0.214 e. The van der Waals surface area contributed by atoms with Gasteiger partial charge in [0.1, 0.15) is 5.75 Å². The summed E-state index contributed by atoms with van der Waals surface area (Å²) in [6.07, 6.45) is 5.26. The van der Waals surface area contributed by atoms with Gasteiger partial charge in [0, 0.05) is 25.2 Å². The highest BCUT2D eigenvalue weighted by molar-refractivity contribution is 7.89. The number of fused-ring (bicyclic) bond motifs is 2. The fourth-order valence-electron chi connectivity index (χ4n) is 4.46. The van der Waals surface area contributed by atoms with Crippen molar-refractivity contribution in [3.05, 3.63) is 71.4 Å². The predicted octanol–water partition coefficient (Wildman–Crippen LogP) is 4.17. The Morgan fingerprint density at radius 1 is 1.13 bits per heavy atom. The molecule has 0 amide bonds. The molecule has 0 saturated carbocycles. The lowest BCUT2D eigenvalue weighted by Gasteiger charge is -2.28. The van der Waals surface area contributed by atoms with Gasteiger partial charge in [-0.05, 0) is 66.5 Å². The molecular weight excluding hydrogens is 396 g/mol. The van der Waals surface area contributed by atoms with Gasteiger partial charge in [-0.25, -0.2) is 12.7 Å². The number of nitrogens with zero attached hydrogens (tertiary/aromatic N) is 2. The normalized spacial score (nSPS) is 16.6. The average molecular weight is 425 g/mol. The van der Waals surface area contributed by atoms with Crippen molar-refractivity contribution in [1.82, 2.24) is 9.29 Å². The Labute approximate surface area is 178 Å². The van der Waals surface area contributed by atoms with E-state index in [9.17, 15) is 8.42 Å². The van der Waals surface area contributed by atoms with Crippen molar-refractivity contribution in [3.8, 4) is 5.75 Å². The zero-order chi connectivity index (χ0) is 21.1. The van der Waals surface area contributed by atoms with E-state index < -0.39 is 10.0 Å². The maximum absolute atomic E-state index is 13.1. The van der Waals surface area contributed by atoms with Crippen molar-refractivity contribution in [1.29, 1.82) is 0 Å². The molecule has 5 nitrogen and oxygen atoms in total. The third-order valence-corrected chi connectivity index (χ3v) is 8.08. The SMILES string of the molecule is COc1cccc2c1CCCC2CS(=O)(=O)N(C)CCc1cccc2ncccc12. The first-order valence-corrected chi connectivity index (χ1v) is 12.0. The van der Waals surface area contributed by atoms with Crippen LogP contribution in [0.15, 0.2) is 54.7 Å². The lowest BCUT2D eigenvalue weighted by molar-refractivity contribution is 0.403. The number of hydrogen-bond acceptors (Lipinski definition) is 4. The van der Waals surface area contributed by atoms with Gasteiger partial charge in [0.25, 0.3) is 0 Å². The molecule has 0 radical (unpaired) electrons. The summed E-state index contributed by atoms with van der Waals surface area (Å²) in [7, 11) is -0.00704. The van der Waals surface area contributed by atoms with Crippen LogP contribution >= 0.6 is 0 Å². The van der Waals surface area contributed by atoms with E-state index in [4.69, 9.17) is 4.74 Å². The molecule has 1 atom stereocenters. The minimum absolute atomic E-state index is 0.0121. The van der Waals surface area contributed by atoms with E-state index in [-0.39, 0.29) is 11.7 Å². The molecule has 0 fully saturated rings. The quantitative estimate of drug-likeness (QED) is 0.571. The lowest BCUT2D eigenvalue weighted by atomic mass is 9.83. The van der Waals surface area contributed by atoms with Crippen molar-refractivity contribution in [3.63, 3.8) is 0 Å². The first-order chi connectivity index (χ1) is 14.5. The van der Waals surface area contributed by atoms with Crippen LogP contribution in [0.5, 0.6) is 5.75 Å². The first-order valence-electron chi connectivity index (χ1n) is 10.4. The molecule has 2 aromatic carbocycles. The highest BCUT2D eigenvalue weighted by Gasteiger charge is 2.29. The van der Waals surface area contributed by atoms with Crippen molar-refractivity contribution in [2.75, 3.05) is 26.5 Å². The molecule has 1 unspecified atom stereocenters. The summed E-state index contributed by atoms with van der Waals surface area (Å²) in [5.41, 5.74) is 4.35. The monoisotopic (exact) mass is 424 g/mol. The number of rotatable bonds is 7. The number of ether oxygens (including phenoxy) is 1. The zero-order valence-electron chi connectivity index (χ0n) is 17.5. The topological polar surface area (TPSA) is 59.5 Å². The van der Waals surface area contributed by atoms with E-state index in [0.717, 1.165) is 52.6 Å². The fourth-order valence-corrected chi connectivity index (χ4v) is 5.94. The first kappa shape index (κ1) is 20.8. The number of hydrogen-bond donors (Lipinski definition) is 0. The van der Waals surface area contributed by atoms with Gasteiger partial charge in [-0.1, -0.05) is 30.3 Å².